The summed E-state index contributed by atoms with van der Waals surface area (Å²) >= 11 is 0. The normalized spacial score (nSPS) is 13.4. The fraction of sp³-hybridized carbons (Fsp3) is 1.00. The van der Waals surface area contributed by atoms with Gasteiger partial charge in [-0.3, -0.25) is 0 Å². The van der Waals surface area contributed by atoms with Crippen LogP contribution in [-0.2, 0) is 4.74 Å². The molecule has 0 aromatic carbocycles. The molecule has 0 amide bonds. The lowest BCUT2D eigenvalue weighted by molar-refractivity contribution is 0.0390. The van der Waals surface area contributed by atoms with Gasteiger partial charge in [-0.25, -0.2) is 0 Å². The molecule has 0 aliphatic carbocycles. The van der Waals surface area contributed by atoms with Gasteiger partial charge < -0.3 is 20.9 Å². The average Bonchev–Trinajstić information content (AvgIpc) is 1.99. The second-order valence-corrected chi connectivity index (χ2v) is 2.38. The summed E-state index contributed by atoms with van der Waals surface area (Å²) in [5.41, 5.74) is 5.46. The van der Waals surface area contributed by atoms with E-state index in [0.29, 0.717) is 13.0 Å². The van der Waals surface area contributed by atoms with Crippen molar-refractivity contribution < 1.29 is 9.84 Å². The van der Waals surface area contributed by atoms with E-state index in [9.17, 15) is 0 Å². The molecule has 0 heterocycles. The highest BCUT2D eigenvalue weighted by Gasteiger charge is 1.99. The minimum absolute atomic E-state index is 0.0905. The summed E-state index contributed by atoms with van der Waals surface area (Å²) < 4.78 is 5.16. The van der Waals surface area contributed by atoms with Crippen molar-refractivity contribution in [3.8, 4) is 0 Å². The Morgan fingerprint density at radius 2 is 2.36 bits per heavy atom. The molecular formula is C7H18N2O2. The second kappa shape index (κ2) is 7.94. The SMILES string of the molecule is CNCCCOC(N)CCO. The van der Waals surface area contributed by atoms with Crippen molar-refractivity contribution >= 4 is 0 Å². The van der Waals surface area contributed by atoms with E-state index < -0.39 is 0 Å². The molecule has 0 fully saturated rings. The summed E-state index contributed by atoms with van der Waals surface area (Å²) in [7, 11) is 1.90. The minimum Gasteiger partial charge on any atom is -0.396 e. The Labute approximate surface area is 67.7 Å². The molecule has 0 radical (unpaired) electrons. The molecule has 1 atom stereocenters. The summed E-state index contributed by atoms with van der Waals surface area (Å²) in [6.45, 7) is 1.68. The second-order valence-electron chi connectivity index (χ2n) is 2.38. The molecule has 0 aliphatic rings. The first-order chi connectivity index (χ1) is 5.31. The van der Waals surface area contributed by atoms with E-state index >= 15 is 0 Å². The molecule has 4 N–H and O–H groups in total. The smallest absolute Gasteiger partial charge is 0.107 e. The quantitative estimate of drug-likeness (QED) is 0.341. The van der Waals surface area contributed by atoms with Crippen molar-refractivity contribution in [1.29, 1.82) is 0 Å². The van der Waals surface area contributed by atoms with Crippen molar-refractivity contribution in [3.63, 3.8) is 0 Å². The number of rotatable bonds is 7. The van der Waals surface area contributed by atoms with Gasteiger partial charge in [-0.1, -0.05) is 0 Å². The molecule has 4 heteroatoms. The molecule has 11 heavy (non-hydrogen) atoms. The fourth-order valence-electron chi connectivity index (χ4n) is 0.694. The lowest BCUT2D eigenvalue weighted by Crippen LogP contribution is -2.26. The van der Waals surface area contributed by atoms with E-state index in [4.69, 9.17) is 15.6 Å². The first kappa shape index (κ1) is 10.8. The monoisotopic (exact) mass is 162 g/mol. The third-order valence-electron chi connectivity index (χ3n) is 1.32. The summed E-state index contributed by atoms with van der Waals surface area (Å²) in [6, 6.07) is 0. The van der Waals surface area contributed by atoms with E-state index in [-0.39, 0.29) is 12.8 Å². The van der Waals surface area contributed by atoms with Gasteiger partial charge in [0.2, 0.25) is 0 Å². The number of nitrogens with one attached hydrogen (secondary N) is 1. The van der Waals surface area contributed by atoms with Crippen LogP contribution in [0.3, 0.4) is 0 Å². The number of hydrogen-bond donors (Lipinski definition) is 3. The van der Waals surface area contributed by atoms with E-state index in [0.717, 1.165) is 13.0 Å². The van der Waals surface area contributed by atoms with Crippen molar-refractivity contribution in [3.05, 3.63) is 0 Å². The summed E-state index contributed by atoms with van der Waals surface area (Å²) in [5, 5.41) is 11.5. The average molecular weight is 162 g/mol. The Hall–Kier alpha value is -0.160. The third kappa shape index (κ3) is 7.74. The molecule has 0 aromatic rings. The maximum absolute atomic E-state index is 8.47. The maximum Gasteiger partial charge on any atom is 0.107 e. The van der Waals surface area contributed by atoms with Crippen LogP contribution in [0.25, 0.3) is 0 Å². The van der Waals surface area contributed by atoms with Crippen LogP contribution in [0, 0.1) is 0 Å². The Bertz CT molecular complexity index is 80.8. The van der Waals surface area contributed by atoms with Gasteiger partial charge in [-0.2, -0.15) is 0 Å². The zero-order valence-electron chi connectivity index (χ0n) is 7.05. The maximum atomic E-state index is 8.47. The molecule has 0 aliphatic heterocycles. The van der Waals surface area contributed by atoms with E-state index in [2.05, 4.69) is 5.32 Å². The molecule has 0 spiro atoms. The Morgan fingerprint density at radius 3 is 2.91 bits per heavy atom. The molecule has 0 aromatic heterocycles. The van der Waals surface area contributed by atoms with Gasteiger partial charge >= 0.3 is 0 Å². The standard InChI is InChI=1S/C7H18N2O2/c1-9-4-2-6-11-7(8)3-5-10/h7,9-10H,2-6,8H2,1H3. The first-order valence-corrected chi connectivity index (χ1v) is 3.94. The Kier molecular flexibility index (Phi) is 7.83. The lowest BCUT2D eigenvalue weighted by Gasteiger charge is -2.10. The van der Waals surface area contributed by atoms with Gasteiger partial charge in [0.15, 0.2) is 0 Å². The van der Waals surface area contributed by atoms with E-state index in [1.54, 1.807) is 0 Å². The van der Waals surface area contributed by atoms with E-state index in [1.807, 2.05) is 7.05 Å². The van der Waals surface area contributed by atoms with Crippen molar-refractivity contribution in [2.24, 2.45) is 5.73 Å². The van der Waals surface area contributed by atoms with Gasteiger partial charge in [-0.15, -0.1) is 0 Å². The van der Waals surface area contributed by atoms with Crippen LogP contribution in [0.2, 0.25) is 0 Å². The zero-order chi connectivity index (χ0) is 8.53. The van der Waals surface area contributed by atoms with Crippen LogP contribution in [0.4, 0.5) is 0 Å². The topological polar surface area (TPSA) is 67.5 Å². The summed E-state index contributed by atoms with van der Waals surface area (Å²) in [4.78, 5) is 0. The van der Waals surface area contributed by atoms with Crippen LogP contribution in [0.5, 0.6) is 0 Å². The molecular weight excluding hydrogens is 144 g/mol. The predicted molar refractivity (Wildman–Crippen MR) is 44.2 cm³/mol. The van der Waals surface area contributed by atoms with Crippen LogP contribution >= 0.6 is 0 Å². The lowest BCUT2D eigenvalue weighted by atomic mass is 10.4. The highest BCUT2D eigenvalue weighted by molar-refractivity contribution is 4.47. The Morgan fingerprint density at radius 1 is 1.64 bits per heavy atom. The highest BCUT2D eigenvalue weighted by Crippen LogP contribution is 1.90. The molecule has 4 nitrogen and oxygen atoms in total. The largest absolute Gasteiger partial charge is 0.396 e. The minimum atomic E-state index is -0.308. The molecule has 0 saturated carbocycles. The van der Waals surface area contributed by atoms with Gasteiger partial charge in [0.05, 0.1) is 0 Å². The van der Waals surface area contributed by atoms with Gasteiger partial charge in [0, 0.05) is 19.6 Å². The molecule has 1 unspecified atom stereocenters. The van der Waals surface area contributed by atoms with Gasteiger partial charge in [0.25, 0.3) is 0 Å². The molecule has 0 bridgehead atoms. The number of aliphatic hydroxyl groups excluding tert-OH is 1. The molecule has 68 valence electrons. The highest BCUT2D eigenvalue weighted by atomic mass is 16.5. The molecule has 0 rings (SSSR count). The predicted octanol–water partition coefficient (Wildman–Crippen LogP) is -0.720. The number of ether oxygens (including phenoxy) is 1. The van der Waals surface area contributed by atoms with Crippen molar-refractivity contribution in [2.45, 2.75) is 19.1 Å². The number of aliphatic hydroxyl groups is 1. The zero-order valence-corrected chi connectivity index (χ0v) is 7.05. The first-order valence-electron chi connectivity index (χ1n) is 3.94. The molecule has 0 saturated heterocycles. The number of hydrogen-bond acceptors (Lipinski definition) is 4. The summed E-state index contributed by atoms with van der Waals surface area (Å²) in [6.07, 6.45) is 1.16. The van der Waals surface area contributed by atoms with E-state index in [1.165, 1.54) is 0 Å². The van der Waals surface area contributed by atoms with Crippen molar-refractivity contribution in [1.82, 2.24) is 5.32 Å². The third-order valence-corrected chi connectivity index (χ3v) is 1.32. The van der Waals surface area contributed by atoms with Gasteiger partial charge in [0.1, 0.15) is 6.23 Å². The van der Waals surface area contributed by atoms with Crippen molar-refractivity contribution in [2.75, 3.05) is 26.8 Å². The Balaban J connectivity index is 2.97. The fourth-order valence-corrected chi connectivity index (χ4v) is 0.694. The van der Waals surface area contributed by atoms with Crippen LogP contribution < -0.4 is 11.1 Å². The van der Waals surface area contributed by atoms with Gasteiger partial charge in [-0.05, 0) is 20.0 Å². The van der Waals surface area contributed by atoms with Crippen LogP contribution in [0.1, 0.15) is 12.8 Å². The van der Waals surface area contributed by atoms with Crippen LogP contribution in [-0.4, -0.2) is 38.1 Å². The summed E-state index contributed by atoms with van der Waals surface area (Å²) in [5.74, 6) is 0. The van der Waals surface area contributed by atoms with Crippen LogP contribution in [0.15, 0.2) is 0 Å². The number of nitrogens with two attached hydrogens (primary N) is 1.